The fourth-order valence-corrected chi connectivity index (χ4v) is 10.8. The number of benzene rings is 1. The van der Waals surface area contributed by atoms with Crippen molar-refractivity contribution in [3.05, 3.63) is 104 Å². The second kappa shape index (κ2) is 14.8. The lowest BCUT2D eigenvalue weighted by molar-refractivity contribution is -0.141. The summed E-state index contributed by atoms with van der Waals surface area (Å²) < 4.78 is 10.4. The molecule has 3 unspecified atom stereocenters. The number of H-pyrrole nitrogens is 2. The zero-order chi connectivity index (χ0) is 43.0. The van der Waals surface area contributed by atoms with Gasteiger partial charge in [-0.3, -0.25) is 24.2 Å². The molecule has 310 valence electrons. The summed E-state index contributed by atoms with van der Waals surface area (Å²) in [5.74, 6) is -1.41. The summed E-state index contributed by atoms with van der Waals surface area (Å²) in [6, 6.07) is 11.2. The van der Waals surface area contributed by atoms with Crippen LogP contribution in [0.15, 0.2) is 42.0 Å². The van der Waals surface area contributed by atoms with Crippen LogP contribution in [0, 0.1) is 13.8 Å². The maximum atomic E-state index is 14.1. The molecule has 0 saturated heterocycles. The SMILES string of the molecule is CCc1c(C)c2cc3[nH]c(cc4nc5c(c6nc(cc1[nH]2)C(C)=C6CCC(=O)OC)C=C(C(N)=O)C1N(C)c2ccc(C=O)cc2C4(C)C51CCC(=O)OC)c(C)c3CC. The molecule has 1 aliphatic carbocycles. The minimum atomic E-state index is -1.13. The van der Waals surface area contributed by atoms with Crippen LogP contribution in [0.2, 0.25) is 0 Å². The molecule has 60 heavy (non-hydrogen) atoms. The monoisotopic (exact) mass is 808 g/mol. The van der Waals surface area contributed by atoms with Crippen molar-refractivity contribution in [3.8, 4) is 0 Å². The predicted molar refractivity (Wildman–Crippen MR) is 234 cm³/mol. The van der Waals surface area contributed by atoms with Gasteiger partial charge in [0.05, 0.1) is 53.9 Å². The molecule has 1 aromatic carbocycles. The summed E-state index contributed by atoms with van der Waals surface area (Å²) in [7, 11) is 4.66. The molecular weight excluding hydrogens is 757 g/mol. The van der Waals surface area contributed by atoms with E-state index in [0.29, 0.717) is 45.9 Å². The lowest BCUT2D eigenvalue weighted by Crippen LogP contribution is -2.65. The van der Waals surface area contributed by atoms with Gasteiger partial charge in [-0.05, 0) is 135 Å². The van der Waals surface area contributed by atoms with E-state index in [4.69, 9.17) is 25.2 Å². The first kappa shape index (κ1) is 40.5. The Balaban J connectivity index is 1.65. The van der Waals surface area contributed by atoms with Crippen LogP contribution in [0.5, 0.6) is 0 Å². The summed E-state index contributed by atoms with van der Waals surface area (Å²) >= 11 is 0. The third-order valence-electron chi connectivity index (χ3n) is 14.0. The number of likely N-dealkylation sites (N-methyl/N-ethyl adjacent to an activating group) is 1. The topological polar surface area (TPSA) is 173 Å². The normalized spacial score (nSPS) is 20.1. The van der Waals surface area contributed by atoms with Gasteiger partial charge in [0.15, 0.2) is 0 Å². The molecule has 3 aliphatic heterocycles. The van der Waals surface area contributed by atoms with Gasteiger partial charge in [-0.2, -0.15) is 0 Å². The molecule has 12 nitrogen and oxygen atoms in total. The molecule has 3 atom stereocenters. The Kier molecular flexibility index (Phi) is 9.96. The third kappa shape index (κ3) is 5.70. The van der Waals surface area contributed by atoms with Gasteiger partial charge in [-0.15, -0.1) is 0 Å². The van der Waals surface area contributed by atoms with Crippen molar-refractivity contribution in [2.45, 2.75) is 96.9 Å². The quantitative estimate of drug-likeness (QED) is 0.107. The van der Waals surface area contributed by atoms with Crippen molar-refractivity contribution in [3.63, 3.8) is 0 Å². The molecule has 0 saturated carbocycles. The van der Waals surface area contributed by atoms with Crippen molar-refractivity contribution in [1.82, 2.24) is 19.9 Å². The van der Waals surface area contributed by atoms with E-state index < -0.39 is 28.7 Å². The number of aromatic nitrogens is 4. The Hall–Kier alpha value is -6.30. The van der Waals surface area contributed by atoms with Crippen LogP contribution in [0.1, 0.15) is 120 Å². The number of hydrogen-bond acceptors (Lipinski definition) is 9. The number of aromatic amines is 2. The fourth-order valence-electron chi connectivity index (χ4n) is 10.8. The Morgan fingerprint density at radius 2 is 1.52 bits per heavy atom. The van der Waals surface area contributed by atoms with Crippen LogP contribution >= 0.6 is 0 Å². The van der Waals surface area contributed by atoms with Gasteiger partial charge < -0.3 is 30.1 Å². The molecule has 1 amide bonds. The van der Waals surface area contributed by atoms with Crippen molar-refractivity contribution in [2.75, 3.05) is 26.2 Å². The Bertz CT molecular complexity index is 2790. The second-order valence-corrected chi connectivity index (χ2v) is 16.6. The highest BCUT2D eigenvalue weighted by Crippen LogP contribution is 2.65. The number of ether oxygens (including phenoxy) is 2. The number of carbonyl (C=O) groups excluding carboxylic acids is 4. The van der Waals surface area contributed by atoms with Crippen LogP contribution in [0.3, 0.4) is 0 Å². The van der Waals surface area contributed by atoms with Crippen LogP contribution < -0.4 is 10.6 Å². The minimum absolute atomic E-state index is 0.00114. The van der Waals surface area contributed by atoms with E-state index in [0.717, 1.165) is 80.3 Å². The van der Waals surface area contributed by atoms with Gasteiger partial charge in [0.25, 0.3) is 0 Å². The number of rotatable bonds is 10. The molecule has 4 aliphatic rings. The van der Waals surface area contributed by atoms with Gasteiger partial charge >= 0.3 is 11.9 Å². The number of primary amides is 1. The number of aryl methyl sites for hydroxylation is 4. The average molecular weight is 809 g/mol. The summed E-state index contributed by atoms with van der Waals surface area (Å²) in [4.78, 5) is 73.3. The number of amides is 1. The van der Waals surface area contributed by atoms with E-state index in [1.54, 1.807) is 6.07 Å². The van der Waals surface area contributed by atoms with Crippen LogP contribution in [0.4, 0.5) is 5.69 Å². The number of anilines is 1. The highest BCUT2D eigenvalue weighted by molar-refractivity contribution is 6.04. The smallest absolute Gasteiger partial charge is 0.305 e. The maximum absolute atomic E-state index is 14.1. The van der Waals surface area contributed by atoms with E-state index in [-0.39, 0.29) is 25.2 Å². The van der Waals surface area contributed by atoms with Crippen molar-refractivity contribution in [2.24, 2.45) is 5.73 Å². The molecule has 8 rings (SSSR count). The second-order valence-electron chi connectivity index (χ2n) is 16.6. The number of fused-ring (bicyclic) bond motifs is 11. The number of hydrogen-bond donors (Lipinski definition) is 3. The van der Waals surface area contributed by atoms with Gasteiger partial charge in [0.2, 0.25) is 5.91 Å². The van der Waals surface area contributed by atoms with Crippen LogP contribution in [0.25, 0.3) is 39.3 Å². The molecule has 12 heteroatoms. The third-order valence-corrected chi connectivity index (χ3v) is 14.0. The number of carbonyl (C=O) groups is 4. The number of nitrogens with one attached hydrogen (secondary N) is 2. The van der Waals surface area contributed by atoms with E-state index in [9.17, 15) is 19.2 Å². The molecule has 6 heterocycles. The lowest BCUT2D eigenvalue weighted by atomic mass is 9.49. The first-order valence-electron chi connectivity index (χ1n) is 20.6. The highest BCUT2D eigenvalue weighted by Gasteiger charge is 2.67. The minimum Gasteiger partial charge on any atom is -0.469 e. The summed E-state index contributed by atoms with van der Waals surface area (Å²) in [5, 5.41) is 0. The fraction of sp³-hybridized carbons (Fsp3) is 0.375. The van der Waals surface area contributed by atoms with Crippen LogP contribution in [-0.2, 0) is 47.5 Å². The van der Waals surface area contributed by atoms with Crippen molar-refractivity contribution >= 4 is 69.1 Å². The number of aldehydes is 1. The van der Waals surface area contributed by atoms with E-state index >= 15 is 0 Å². The summed E-state index contributed by atoms with van der Waals surface area (Å²) in [6.45, 7) is 12.6. The van der Waals surface area contributed by atoms with E-state index in [1.807, 2.05) is 37.1 Å². The van der Waals surface area contributed by atoms with Crippen molar-refractivity contribution < 1.29 is 28.7 Å². The Morgan fingerprint density at radius 1 is 0.883 bits per heavy atom. The number of esters is 2. The van der Waals surface area contributed by atoms with Gasteiger partial charge in [0.1, 0.15) is 6.29 Å². The van der Waals surface area contributed by atoms with Gasteiger partial charge in [0, 0.05) is 64.3 Å². The predicted octanol–water partition coefficient (Wildman–Crippen LogP) is 7.65. The van der Waals surface area contributed by atoms with E-state index in [1.165, 1.54) is 19.8 Å². The van der Waals surface area contributed by atoms with E-state index in [2.05, 4.69) is 62.8 Å². The zero-order valence-electron chi connectivity index (χ0n) is 35.8. The molecular formula is C48H52N6O6. The molecule has 3 aromatic heterocycles. The highest BCUT2D eigenvalue weighted by atomic mass is 16.5. The number of nitrogens with two attached hydrogens (primary N) is 1. The number of allylic oxidation sites excluding steroid dienone is 2. The molecule has 0 spiro atoms. The summed E-state index contributed by atoms with van der Waals surface area (Å²) in [6.07, 6.45) is 4.83. The Morgan fingerprint density at radius 3 is 2.13 bits per heavy atom. The first-order valence-corrected chi connectivity index (χ1v) is 20.6. The molecule has 0 radical (unpaired) electrons. The first-order chi connectivity index (χ1) is 28.7. The Labute approximate surface area is 349 Å². The van der Waals surface area contributed by atoms with Crippen molar-refractivity contribution in [1.29, 1.82) is 0 Å². The number of nitrogens with zero attached hydrogens (tertiary/aromatic N) is 3. The zero-order valence-corrected chi connectivity index (χ0v) is 35.8. The van der Waals surface area contributed by atoms with Crippen LogP contribution in [-0.4, -0.2) is 71.4 Å². The number of methoxy groups -OCH3 is 2. The molecule has 8 bridgehead atoms. The molecule has 4 N–H and O–H groups in total. The molecule has 4 aromatic rings. The van der Waals surface area contributed by atoms with Gasteiger partial charge in [-0.25, -0.2) is 4.98 Å². The van der Waals surface area contributed by atoms with Gasteiger partial charge in [-0.1, -0.05) is 13.8 Å². The summed E-state index contributed by atoms with van der Waals surface area (Å²) in [5.41, 5.74) is 19.9. The lowest BCUT2D eigenvalue weighted by Gasteiger charge is -2.58. The molecule has 0 fully saturated rings. The maximum Gasteiger partial charge on any atom is 0.305 e. The largest absolute Gasteiger partial charge is 0.469 e. The standard InChI is InChI=1S/C48H52N6O6/c1-10-28-24(3)34-20-37-29(11-2)25(4)36(51-37)22-40-47(6)33-18-27(23-55)12-14-39(33)54(7)45-32(46(49)58)19-31(44(53-40)48(45,47)17-16-42(57)60-9)43-30(13-15-41(56)59-8)26(5)35(52-43)21-38(28)50-34/h12,14,18-23,45,50-51H,10-11,13,15-17H2,1-9H3,(H2,49,58). The average Bonchev–Trinajstić information content (AvgIpc) is 3.90.